The molecule has 0 bridgehead atoms. The molecule has 37 valence electrons. The zero-order valence-electron chi connectivity index (χ0n) is 3.70. The van der Waals surface area contributed by atoms with Crippen LogP contribution in [0.4, 0.5) is 0 Å². The summed E-state index contributed by atoms with van der Waals surface area (Å²) in [6, 6.07) is 0. The van der Waals surface area contributed by atoms with Crippen molar-refractivity contribution in [2.24, 2.45) is 0 Å². The first-order chi connectivity index (χ1) is 2.00. The van der Waals surface area contributed by atoms with Gasteiger partial charge in [0.05, 0.1) is 0 Å². The number of hydrogen-bond acceptors (Lipinski definition) is 1. The van der Waals surface area contributed by atoms with Gasteiger partial charge >= 0.3 is 7.82 Å². The second kappa shape index (κ2) is 5.64. The van der Waals surface area contributed by atoms with E-state index in [1.807, 2.05) is 0 Å². The van der Waals surface area contributed by atoms with Crippen molar-refractivity contribution >= 4 is 50.6 Å². The summed E-state index contributed by atoms with van der Waals surface area (Å²) in [4.78, 5) is 21.6. The van der Waals surface area contributed by atoms with Gasteiger partial charge in [-0.1, -0.05) is 0 Å². The van der Waals surface area contributed by atoms with Gasteiger partial charge < -0.3 is 14.7 Å². The van der Waals surface area contributed by atoms with Gasteiger partial charge in [0.1, 0.15) is 0 Å². The minimum absolute atomic E-state index is 0. The van der Waals surface area contributed by atoms with E-state index in [1.165, 1.54) is 0 Å². The van der Waals surface area contributed by atoms with Crippen LogP contribution in [-0.2, 0) is 4.57 Å². The van der Waals surface area contributed by atoms with Crippen LogP contribution in [0.2, 0.25) is 0 Å². The van der Waals surface area contributed by atoms with Gasteiger partial charge in [0.15, 0.2) is 0 Å². The molecule has 0 aliphatic heterocycles. The second-order valence-corrected chi connectivity index (χ2v) is 1.54. The molecule has 0 aliphatic carbocycles. The SMILES string of the molecule is O=P(O)(O)O.[Li].[Sn]. The van der Waals surface area contributed by atoms with E-state index < -0.39 is 7.82 Å². The van der Waals surface area contributed by atoms with E-state index in [-0.39, 0.29) is 42.8 Å². The molecule has 0 aromatic rings. The Bertz CT molecular complexity index is 57.8. The first-order valence-electron chi connectivity index (χ1n) is 0.783. The molecule has 0 rings (SSSR count). The third kappa shape index (κ3) is 100. The summed E-state index contributed by atoms with van der Waals surface area (Å²) in [6.45, 7) is 0. The predicted octanol–water partition coefficient (Wildman–Crippen LogP) is -1.69. The van der Waals surface area contributed by atoms with Crippen LogP contribution in [0.1, 0.15) is 0 Å². The molecule has 7 heteroatoms. The molecule has 4 nitrogen and oxygen atoms in total. The quantitative estimate of drug-likeness (QED) is 0.338. The van der Waals surface area contributed by atoms with Gasteiger partial charge in [0.25, 0.3) is 0 Å². The number of rotatable bonds is 0. The minimum Gasteiger partial charge on any atom is -0.303 e. The third-order valence-electron chi connectivity index (χ3n) is 0. The van der Waals surface area contributed by atoms with Gasteiger partial charge in [-0.15, -0.1) is 0 Å². The fourth-order valence-electron chi connectivity index (χ4n) is 0. The molecule has 0 aromatic carbocycles. The van der Waals surface area contributed by atoms with Crippen molar-refractivity contribution in [3.05, 3.63) is 0 Å². The van der Waals surface area contributed by atoms with Crippen LogP contribution in [0.5, 0.6) is 0 Å². The molecule has 0 heterocycles. The van der Waals surface area contributed by atoms with E-state index in [1.54, 1.807) is 0 Å². The van der Waals surface area contributed by atoms with Crippen LogP contribution in [0.15, 0.2) is 0 Å². The fourth-order valence-corrected chi connectivity index (χ4v) is 0. The Morgan fingerprint density at radius 2 is 1.14 bits per heavy atom. The van der Waals surface area contributed by atoms with E-state index in [0.29, 0.717) is 0 Å². The molecule has 0 unspecified atom stereocenters. The summed E-state index contributed by atoms with van der Waals surface area (Å²) in [5, 5.41) is 0. The molecular weight excluding hydrogens is 221 g/mol. The third-order valence-corrected chi connectivity index (χ3v) is 0. The summed E-state index contributed by atoms with van der Waals surface area (Å²) in [6.07, 6.45) is 0. The van der Waals surface area contributed by atoms with Gasteiger partial charge in [0, 0.05) is 42.8 Å². The molecule has 5 radical (unpaired) electrons. The normalized spacial score (nSPS) is 8.43. The van der Waals surface area contributed by atoms with Crippen molar-refractivity contribution in [2.45, 2.75) is 0 Å². The summed E-state index contributed by atoms with van der Waals surface area (Å²) in [5.41, 5.74) is 0. The summed E-state index contributed by atoms with van der Waals surface area (Å²) in [7, 11) is -4.64. The van der Waals surface area contributed by atoms with Crippen LogP contribution in [0.3, 0.4) is 0 Å². The Balaban J connectivity index is -0.0000000800. The average Bonchev–Trinajstić information content (AvgIpc) is 0.722. The molecule has 0 atom stereocenters. The van der Waals surface area contributed by atoms with Gasteiger partial charge in [-0.05, 0) is 0 Å². The van der Waals surface area contributed by atoms with E-state index in [0.717, 1.165) is 0 Å². The van der Waals surface area contributed by atoms with Crippen LogP contribution in [0, 0.1) is 0 Å². The average molecular weight is 224 g/mol. The monoisotopic (exact) mass is 225 g/mol. The maximum atomic E-state index is 8.88. The zero-order valence-corrected chi connectivity index (χ0v) is 7.45. The summed E-state index contributed by atoms with van der Waals surface area (Å²) in [5.74, 6) is 0. The van der Waals surface area contributed by atoms with E-state index >= 15 is 0 Å². The van der Waals surface area contributed by atoms with Crippen LogP contribution in [0.25, 0.3) is 0 Å². The van der Waals surface area contributed by atoms with Crippen molar-refractivity contribution in [3.63, 3.8) is 0 Å². The smallest absolute Gasteiger partial charge is 0.303 e. The summed E-state index contributed by atoms with van der Waals surface area (Å²) < 4.78 is 8.88. The van der Waals surface area contributed by atoms with Crippen LogP contribution in [-0.4, -0.2) is 57.4 Å². The maximum absolute atomic E-state index is 8.88. The summed E-state index contributed by atoms with van der Waals surface area (Å²) >= 11 is 0. The van der Waals surface area contributed by atoms with Gasteiger partial charge in [-0.2, -0.15) is 0 Å². The topological polar surface area (TPSA) is 77.8 Å². The Kier molecular flexibility index (Phi) is 12.7. The Hall–Kier alpha value is 1.51. The second-order valence-electron chi connectivity index (χ2n) is 0.513. The first kappa shape index (κ1) is 15.8. The maximum Gasteiger partial charge on any atom is 0.466 e. The van der Waals surface area contributed by atoms with E-state index in [2.05, 4.69) is 0 Å². The number of hydrogen-bond donors (Lipinski definition) is 3. The minimum atomic E-state index is -4.64. The molecule has 0 spiro atoms. The van der Waals surface area contributed by atoms with Crippen molar-refractivity contribution < 1.29 is 19.2 Å². The zero-order chi connectivity index (χ0) is 4.50. The largest absolute Gasteiger partial charge is 0.466 e. The molecule has 7 heavy (non-hydrogen) atoms. The predicted molar refractivity (Wildman–Crippen MR) is 25.8 cm³/mol. The molecule has 0 saturated heterocycles. The van der Waals surface area contributed by atoms with Gasteiger partial charge in [-0.25, -0.2) is 4.57 Å². The Morgan fingerprint density at radius 3 is 1.14 bits per heavy atom. The molecule has 3 N–H and O–H groups in total. The van der Waals surface area contributed by atoms with E-state index in [4.69, 9.17) is 19.2 Å². The molecule has 0 amide bonds. The van der Waals surface area contributed by atoms with Crippen LogP contribution >= 0.6 is 7.82 Å². The number of phosphoric acid groups is 1. The molecule has 0 saturated carbocycles. The van der Waals surface area contributed by atoms with Crippen molar-refractivity contribution in [1.82, 2.24) is 0 Å². The van der Waals surface area contributed by atoms with Gasteiger partial charge in [0.2, 0.25) is 0 Å². The van der Waals surface area contributed by atoms with Gasteiger partial charge in [-0.3, -0.25) is 0 Å². The van der Waals surface area contributed by atoms with Crippen molar-refractivity contribution in [2.75, 3.05) is 0 Å². The standard InChI is InChI=1S/Li.H3O4P.Sn/c;1-5(2,3)4;/h;(H3,1,2,3,4);. The molecule has 0 aliphatic rings. The Labute approximate surface area is 69.7 Å². The Morgan fingerprint density at radius 1 is 1.14 bits per heavy atom. The fraction of sp³-hybridized carbons (Fsp3) is 0. The molecule has 0 aromatic heterocycles. The molecular formula is H3LiO4PSn. The molecule has 0 fully saturated rings. The van der Waals surface area contributed by atoms with Crippen molar-refractivity contribution in [1.29, 1.82) is 0 Å². The van der Waals surface area contributed by atoms with Crippen molar-refractivity contribution in [3.8, 4) is 0 Å². The first-order valence-corrected chi connectivity index (χ1v) is 2.35. The van der Waals surface area contributed by atoms with E-state index in [9.17, 15) is 0 Å². The van der Waals surface area contributed by atoms with Crippen LogP contribution < -0.4 is 0 Å².